The zero-order valence-electron chi connectivity index (χ0n) is 21.4. The number of ketones is 1. The van der Waals surface area contributed by atoms with Crippen LogP contribution in [0.15, 0.2) is 90.4 Å². The summed E-state index contributed by atoms with van der Waals surface area (Å²) in [6.45, 7) is -0.697. The highest BCUT2D eigenvalue weighted by Gasteiger charge is 2.18. The lowest BCUT2D eigenvalue weighted by Crippen LogP contribution is -2.22. The molecule has 5 rings (SSSR count). The summed E-state index contributed by atoms with van der Waals surface area (Å²) in [5.41, 5.74) is 9.53. The highest BCUT2D eigenvalue weighted by atomic mass is 19.3. The summed E-state index contributed by atoms with van der Waals surface area (Å²) in [5.74, 6) is -0.688. The lowest BCUT2D eigenvalue weighted by Gasteiger charge is -2.12. The number of rotatable bonds is 8. The highest BCUT2D eigenvalue weighted by Crippen LogP contribution is 2.30. The van der Waals surface area contributed by atoms with E-state index in [1.165, 1.54) is 18.3 Å². The first-order valence-electron chi connectivity index (χ1n) is 12.3. The van der Waals surface area contributed by atoms with E-state index in [1.807, 2.05) is 19.3 Å². The molecule has 0 fully saturated rings. The third kappa shape index (κ3) is 5.70. The van der Waals surface area contributed by atoms with E-state index in [0.717, 1.165) is 39.6 Å². The summed E-state index contributed by atoms with van der Waals surface area (Å²) >= 11 is 0. The fourth-order valence-corrected chi connectivity index (χ4v) is 4.45. The molecule has 40 heavy (non-hydrogen) atoms. The molecule has 0 saturated heterocycles. The number of halogens is 3. The maximum Gasteiger partial charge on any atom is 0.256 e. The van der Waals surface area contributed by atoms with E-state index in [-0.39, 0.29) is 17.5 Å². The van der Waals surface area contributed by atoms with Crippen LogP contribution in [-0.2, 0) is 20.0 Å². The number of carbonyl (C=O) groups excluding carboxylic acids is 1. The number of pyridine rings is 2. The Morgan fingerprint density at radius 2 is 1.57 bits per heavy atom. The first-order chi connectivity index (χ1) is 19.2. The van der Waals surface area contributed by atoms with Gasteiger partial charge in [-0.2, -0.15) is 5.10 Å². The van der Waals surface area contributed by atoms with E-state index < -0.39 is 30.0 Å². The normalized spacial score (nSPS) is 11.2. The highest BCUT2D eigenvalue weighted by molar-refractivity contribution is 5.98. The molecular formula is C30H24F3N5O2. The van der Waals surface area contributed by atoms with Crippen LogP contribution in [-0.4, -0.2) is 31.5 Å². The topological polar surface area (TPSA) is 95.8 Å². The van der Waals surface area contributed by atoms with Gasteiger partial charge in [0.1, 0.15) is 11.6 Å². The number of carbonyl (C=O) groups is 1. The molecule has 0 aliphatic heterocycles. The van der Waals surface area contributed by atoms with Crippen LogP contribution in [0.3, 0.4) is 0 Å². The number of aromatic nitrogens is 4. The molecule has 0 atom stereocenters. The Morgan fingerprint density at radius 3 is 2.23 bits per heavy atom. The van der Waals surface area contributed by atoms with E-state index >= 15 is 0 Å². The second kappa shape index (κ2) is 11.0. The third-order valence-corrected chi connectivity index (χ3v) is 6.47. The zero-order valence-corrected chi connectivity index (χ0v) is 21.4. The van der Waals surface area contributed by atoms with Gasteiger partial charge in [-0.25, -0.2) is 18.2 Å². The molecule has 0 bridgehead atoms. The molecule has 0 spiro atoms. The fourth-order valence-electron chi connectivity index (χ4n) is 4.45. The molecular weight excluding hydrogens is 519 g/mol. The fraction of sp³-hybridized carbons (Fsp3) is 0.133. The number of anilines is 1. The summed E-state index contributed by atoms with van der Waals surface area (Å²) in [4.78, 5) is 30.7. The van der Waals surface area contributed by atoms with Gasteiger partial charge in [0.05, 0.1) is 18.3 Å². The quantitative estimate of drug-likeness (QED) is 0.265. The van der Waals surface area contributed by atoms with Crippen LogP contribution in [0.25, 0.3) is 33.4 Å². The molecule has 0 aliphatic carbocycles. The lowest BCUT2D eigenvalue weighted by atomic mass is 9.97. The summed E-state index contributed by atoms with van der Waals surface area (Å²) in [5, 5.41) is 4.18. The van der Waals surface area contributed by atoms with Crippen molar-refractivity contribution in [2.45, 2.75) is 19.4 Å². The summed E-state index contributed by atoms with van der Waals surface area (Å²) < 4.78 is 42.5. The van der Waals surface area contributed by atoms with Gasteiger partial charge in [-0.05, 0) is 34.9 Å². The number of alkyl halides is 2. The van der Waals surface area contributed by atoms with Crippen molar-refractivity contribution < 1.29 is 18.0 Å². The Kier molecular flexibility index (Phi) is 7.33. The molecule has 5 aromatic rings. The molecule has 0 saturated carbocycles. The summed E-state index contributed by atoms with van der Waals surface area (Å²) in [7, 11) is 1.82. The Balaban J connectivity index is 1.43. The molecule has 202 valence electrons. The van der Waals surface area contributed by atoms with Gasteiger partial charge in [-0.3, -0.25) is 14.3 Å². The van der Waals surface area contributed by atoms with Crippen molar-refractivity contribution in [2.75, 3.05) is 5.73 Å². The van der Waals surface area contributed by atoms with Gasteiger partial charge in [0.15, 0.2) is 11.2 Å². The van der Waals surface area contributed by atoms with Crippen molar-refractivity contribution in [3.05, 3.63) is 113 Å². The van der Waals surface area contributed by atoms with Gasteiger partial charge in [0, 0.05) is 60.5 Å². The molecule has 0 radical (unpaired) electrons. The minimum atomic E-state index is -2.70. The number of hydrogen-bond donors (Lipinski definition) is 1. The van der Waals surface area contributed by atoms with Gasteiger partial charge in [0.25, 0.3) is 6.43 Å². The van der Waals surface area contributed by atoms with Crippen LogP contribution in [0.1, 0.15) is 15.9 Å². The van der Waals surface area contributed by atoms with Crippen molar-refractivity contribution in [3.63, 3.8) is 0 Å². The van der Waals surface area contributed by atoms with Crippen LogP contribution in [0, 0.1) is 5.82 Å². The molecule has 0 amide bonds. The Morgan fingerprint density at radius 1 is 0.900 bits per heavy atom. The maximum atomic E-state index is 13.4. The molecule has 2 aromatic carbocycles. The lowest BCUT2D eigenvalue weighted by molar-refractivity contribution is 0.0988. The largest absolute Gasteiger partial charge is 0.383 e. The molecule has 2 N–H and O–H groups in total. The number of nitrogen functional groups attached to an aromatic ring is 1. The van der Waals surface area contributed by atoms with Gasteiger partial charge in [-0.1, -0.05) is 36.4 Å². The van der Waals surface area contributed by atoms with E-state index in [9.17, 15) is 22.8 Å². The predicted octanol–water partition coefficient (Wildman–Crippen LogP) is 5.39. The van der Waals surface area contributed by atoms with E-state index in [2.05, 4.69) is 10.1 Å². The van der Waals surface area contributed by atoms with Gasteiger partial charge in [0.2, 0.25) is 0 Å². The van der Waals surface area contributed by atoms with Crippen LogP contribution >= 0.6 is 0 Å². The van der Waals surface area contributed by atoms with Crippen LogP contribution in [0.5, 0.6) is 0 Å². The molecule has 3 heterocycles. The minimum Gasteiger partial charge on any atom is -0.383 e. The van der Waals surface area contributed by atoms with Crippen LogP contribution in [0.2, 0.25) is 0 Å². The average Bonchev–Trinajstić information content (AvgIpc) is 3.37. The molecule has 0 aliphatic rings. The SMILES string of the molecule is Cn1cc(-c2cnc(N)c(-c3ccc(CC(=O)c4cn(CC(F)F)cc(-c5ccc(F)cc5)c4=O)cc3)c2)cn1. The number of aryl methyl sites for hydroxylation is 1. The number of nitrogens with two attached hydrogens (primary N) is 1. The number of nitrogens with zero attached hydrogens (tertiary/aromatic N) is 4. The zero-order chi connectivity index (χ0) is 28.4. The summed E-state index contributed by atoms with van der Waals surface area (Å²) in [6.07, 6.45) is 4.85. The Bertz CT molecular complexity index is 1740. The average molecular weight is 544 g/mol. The van der Waals surface area contributed by atoms with Gasteiger partial charge >= 0.3 is 0 Å². The molecule has 7 nitrogen and oxygen atoms in total. The van der Waals surface area contributed by atoms with Gasteiger partial charge < -0.3 is 10.3 Å². The second-order valence-corrected chi connectivity index (χ2v) is 9.37. The van der Waals surface area contributed by atoms with E-state index in [4.69, 9.17) is 5.73 Å². The predicted molar refractivity (Wildman–Crippen MR) is 146 cm³/mol. The monoisotopic (exact) mass is 543 g/mol. The Hall–Kier alpha value is -4.99. The first kappa shape index (κ1) is 26.6. The van der Waals surface area contributed by atoms with Gasteiger partial charge in [-0.15, -0.1) is 0 Å². The van der Waals surface area contributed by atoms with E-state index in [0.29, 0.717) is 22.5 Å². The standard InChI is InChI=1S/C30H24F3N5O2/c1-37-14-22(13-36-37)21-11-24(30(34)35-12-21)19-4-2-18(3-5-19)10-27(39)26-16-38(17-28(32)33)15-25(29(26)40)20-6-8-23(31)9-7-20/h2-9,11-16,28H,10,17H2,1H3,(H2,34,35). The van der Waals surface area contributed by atoms with Crippen molar-refractivity contribution in [2.24, 2.45) is 7.05 Å². The second-order valence-electron chi connectivity index (χ2n) is 9.37. The third-order valence-electron chi connectivity index (χ3n) is 6.47. The Labute approximate surface area is 227 Å². The van der Waals surface area contributed by atoms with Crippen molar-refractivity contribution in [1.29, 1.82) is 0 Å². The molecule has 0 unspecified atom stereocenters. The van der Waals surface area contributed by atoms with Crippen LogP contribution in [0.4, 0.5) is 19.0 Å². The van der Waals surface area contributed by atoms with Crippen molar-refractivity contribution in [1.82, 2.24) is 19.3 Å². The van der Waals surface area contributed by atoms with Crippen molar-refractivity contribution in [3.8, 4) is 33.4 Å². The van der Waals surface area contributed by atoms with Crippen molar-refractivity contribution >= 4 is 11.6 Å². The number of benzene rings is 2. The maximum absolute atomic E-state index is 13.4. The number of hydrogen-bond acceptors (Lipinski definition) is 5. The smallest absolute Gasteiger partial charge is 0.256 e. The summed E-state index contributed by atoms with van der Waals surface area (Å²) in [6, 6.07) is 14.1. The molecule has 10 heteroatoms. The molecule has 3 aromatic heterocycles. The first-order valence-corrected chi connectivity index (χ1v) is 12.3. The minimum absolute atomic E-state index is 0.0401. The number of Topliss-reactive ketones (excluding diaryl/α,β-unsaturated/α-hetero) is 1. The van der Waals surface area contributed by atoms with E-state index in [1.54, 1.807) is 41.3 Å². The van der Waals surface area contributed by atoms with Crippen LogP contribution < -0.4 is 11.2 Å².